The predicted octanol–water partition coefficient (Wildman–Crippen LogP) is 3.58. The first-order valence-corrected chi connectivity index (χ1v) is 7.64. The molecule has 2 heterocycles. The number of rotatable bonds is 4. The van der Waals surface area contributed by atoms with E-state index < -0.39 is 11.1 Å². The summed E-state index contributed by atoms with van der Waals surface area (Å²) in [7, 11) is 0. The molecule has 120 valence electrons. The number of carbonyl (C=O) groups excluding carboxylic acids is 2. The molecule has 24 heavy (non-hydrogen) atoms. The molecule has 0 atom stereocenters. The van der Waals surface area contributed by atoms with Crippen molar-refractivity contribution in [2.24, 2.45) is 0 Å². The monoisotopic (exact) mass is 337 g/mol. The number of nitrogens with zero attached hydrogens (tertiary/aromatic N) is 2. The highest BCUT2D eigenvalue weighted by Crippen LogP contribution is 2.25. The Labute approximate surface area is 144 Å². The summed E-state index contributed by atoms with van der Waals surface area (Å²) in [5.41, 5.74) is 2.03. The quantitative estimate of drug-likeness (QED) is 0.681. The summed E-state index contributed by atoms with van der Waals surface area (Å²) in [6.07, 6.45) is 3.54. The Balaban J connectivity index is 2.00. The third-order valence-electron chi connectivity index (χ3n) is 3.45. The van der Waals surface area contributed by atoms with E-state index in [2.05, 4.69) is 4.98 Å². The van der Waals surface area contributed by atoms with Crippen molar-refractivity contribution in [1.29, 1.82) is 0 Å². The van der Waals surface area contributed by atoms with Gasteiger partial charge >= 0.3 is 0 Å². The normalized spacial score (nSPS) is 10.3. The van der Waals surface area contributed by atoms with E-state index in [0.29, 0.717) is 12.1 Å². The standard InChI is InChI=1S/C18H14N2O3S/c21-17(16-9-5-11-23-16)20(18(22)24)15-8-2-1-6-13(15)12-14-7-3-4-10-19-14/h1-11H,12H2,(H,22,24)/p-1. The van der Waals surface area contributed by atoms with Crippen LogP contribution < -0.4 is 4.90 Å². The minimum atomic E-state index is -0.787. The van der Waals surface area contributed by atoms with E-state index in [1.165, 1.54) is 12.3 Å². The lowest BCUT2D eigenvalue weighted by Gasteiger charge is -2.25. The van der Waals surface area contributed by atoms with Crippen molar-refractivity contribution in [3.63, 3.8) is 0 Å². The zero-order valence-electron chi connectivity index (χ0n) is 12.6. The van der Waals surface area contributed by atoms with E-state index in [4.69, 9.17) is 17.0 Å². The van der Waals surface area contributed by atoms with Crippen LogP contribution in [0, 0.1) is 0 Å². The second-order valence-electron chi connectivity index (χ2n) is 5.01. The molecule has 0 bridgehead atoms. The van der Waals surface area contributed by atoms with Gasteiger partial charge in [0.15, 0.2) is 5.76 Å². The van der Waals surface area contributed by atoms with Crippen LogP contribution in [-0.2, 0) is 19.0 Å². The Kier molecular flexibility index (Phi) is 4.67. The van der Waals surface area contributed by atoms with Gasteiger partial charge in [-0.1, -0.05) is 24.3 Å². The first kappa shape index (κ1) is 15.9. The van der Waals surface area contributed by atoms with Crippen LogP contribution in [0.4, 0.5) is 10.5 Å². The van der Waals surface area contributed by atoms with Gasteiger partial charge in [-0.25, -0.2) is 0 Å². The maximum Gasteiger partial charge on any atom is 0.299 e. The number of hydrogen-bond donors (Lipinski definition) is 0. The lowest BCUT2D eigenvalue weighted by Crippen LogP contribution is -2.35. The Morgan fingerprint density at radius 1 is 1.04 bits per heavy atom. The molecule has 1 aromatic carbocycles. The van der Waals surface area contributed by atoms with Gasteiger partial charge in [-0.2, -0.15) is 0 Å². The molecule has 0 N–H and O–H groups in total. The molecular weight excluding hydrogens is 324 g/mol. The van der Waals surface area contributed by atoms with Crippen molar-refractivity contribution in [3.8, 4) is 0 Å². The van der Waals surface area contributed by atoms with Crippen molar-refractivity contribution in [2.45, 2.75) is 6.42 Å². The fraction of sp³-hybridized carbons (Fsp3) is 0.0556. The topological polar surface area (TPSA) is 63.4 Å². The molecule has 0 saturated heterocycles. The van der Waals surface area contributed by atoms with Crippen LogP contribution >= 0.6 is 0 Å². The number of hydrogen-bond acceptors (Lipinski definition) is 5. The third-order valence-corrected chi connectivity index (χ3v) is 3.63. The Morgan fingerprint density at radius 2 is 1.83 bits per heavy atom. The number of carbonyl (C=O) groups is 2. The molecule has 5 nitrogen and oxygen atoms in total. The van der Waals surface area contributed by atoms with Gasteiger partial charge in [0.2, 0.25) is 0 Å². The average Bonchev–Trinajstić information content (AvgIpc) is 3.12. The van der Waals surface area contributed by atoms with E-state index >= 15 is 0 Å². The van der Waals surface area contributed by atoms with E-state index in [-0.39, 0.29) is 5.76 Å². The first-order valence-electron chi connectivity index (χ1n) is 7.23. The third kappa shape index (κ3) is 3.33. The minimum Gasteiger partial charge on any atom is -0.718 e. The number of benzene rings is 1. The largest absolute Gasteiger partial charge is 0.718 e. The van der Waals surface area contributed by atoms with Crippen molar-refractivity contribution in [1.82, 2.24) is 4.98 Å². The number of furan rings is 1. The number of amides is 2. The minimum absolute atomic E-state index is 0.0563. The fourth-order valence-corrected chi connectivity index (χ4v) is 2.56. The van der Waals surface area contributed by atoms with Gasteiger partial charge in [0.25, 0.3) is 5.91 Å². The zero-order chi connectivity index (χ0) is 16.9. The SMILES string of the molecule is O=C([S-])N(C(=O)c1ccco1)c1ccccc1Cc1ccccn1. The highest BCUT2D eigenvalue weighted by atomic mass is 32.1. The van der Waals surface area contributed by atoms with E-state index in [1.807, 2.05) is 30.3 Å². The molecule has 0 spiro atoms. The zero-order valence-corrected chi connectivity index (χ0v) is 13.4. The average molecular weight is 337 g/mol. The second-order valence-corrected chi connectivity index (χ2v) is 5.36. The smallest absolute Gasteiger partial charge is 0.299 e. The van der Waals surface area contributed by atoms with Crippen LogP contribution in [0.1, 0.15) is 21.8 Å². The van der Waals surface area contributed by atoms with Crippen molar-refractivity contribution in [3.05, 3.63) is 84.1 Å². The molecule has 6 heteroatoms. The molecule has 0 radical (unpaired) electrons. The van der Waals surface area contributed by atoms with Crippen LogP contribution in [0.25, 0.3) is 0 Å². The van der Waals surface area contributed by atoms with Gasteiger partial charge in [0.1, 0.15) is 5.24 Å². The molecule has 2 amide bonds. The summed E-state index contributed by atoms with van der Waals surface area (Å²) in [5.74, 6) is -0.533. The number of para-hydroxylation sites is 1. The summed E-state index contributed by atoms with van der Waals surface area (Å²) in [4.78, 5) is 29.8. The maximum atomic E-state index is 12.6. The van der Waals surface area contributed by atoms with Crippen molar-refractivity contribution in [2.75, 3.05) is 4.90 Å². The number of aromatic nitrogens is 1. The van der Waals surface area contributed by atoms with Crippen LogP contribution in [-0.4, -0.2) is 16.1 Å². The van der Waals surface area contributed by atoms with Crippen LogP contribution in [0.15, 0.2) is 71.5 Å². The first-order chi connectivity index (χ1) is 11.7. The van der Waals surface area contributed by atoms with Gasteiger partial charge in [0, 0.05) is 18.3 Å². The molecule has 0 aliphatic heterocycles. The summed E-state index contributed by atoms with van der Waals surface area (Å²) in [6, 6.07) is 15.8. The highest BCUT2D eigenvalue weighted by Gasteiger charge is 2.23. The Morgan fingerprint density at radius 3 is 2.50 bits per heavy atom. The van der Waals surface area contributed by atoms with Gasteiger partial charge in [-0.15, -0.1) is 0 Å². The summed E-state index contributed by atoms with van der Waals surface area (Å²) >= 11 is 4.77. The Bertz CT molecular complexity index is 848. The lowest BCUT2D eigenvalue weighted by atomic mass is 10.1. The van der Waals surface area contributed by atoms with Gasteiger partial charge in [-0.05, 0) is 35.9 Å². The highest BCUT2D eigenvalue weighted by molar-refractivity contribution is 7.77. The van der Waals surface area contributed by atoms with Crippen molar-refractivity contribution < 1.29 is 14.0 Å². The van der Waals surface area contributed by atoms with Gasteiger partial charge < -0.3 is 21.8 Å². The van der Waals surface area contributed by atoms with Crippen LogP contribution in [0.5, 0.6) is 0 Å². The summed E-state index contributed by atoms with van der Waals surface area (Å²) in [6.45, 7) is 0. The molecule has 2 aromatic heterocycles. The van der Waals surface area contributed by atoms with Crippen LogP contribution in [0.3, 0.4) is 0 Å². The fourth-order valence-electron chi connectivity index (χ4n) is 2.38. The van der Waals surface area contributed by atoms with E-state index in [0.717, 1.165) is 16.2 Å². The molecule has 3 aromatic rings. The molecule has 0 aliphatic carbocycles. The molecular formula is C18H13N2O3S-. The lowest BCUT2D eigenvalue weighted by molar-refractivity contribution is 0.0971. The number of anilines is 1. The van der Waals surface area contributed by atoms with Gasteiger partial charge in [-0.3, -0.25) is 14.7 Å². The van der Waals surface area contributed by atoms with Gasteiger partial charge in [0.05, 0.1) is 12.0 Å². The molecule has 0 saturated carbocycles. The molecule has 3 rings (SSSR count). The molecule has 0 fully saturated rings. The second kappa shape index (κ2) is 7.06. The molecule has 0 aliphatic rings. The summed E-state index contributed by atoms with van der Waals surface area (Å²) < 4.78 is 5.10. The number of imide groups is 1. The van der Waals surface area contributed by atoms with Crippen LogP contribution in [0.2, 0.25) is 0 Å². The number of pyridine rings is 1. The Hall–Kier alpha value is -2.99. The summed E-state index contributed by atoms with van der Waals surface area (Å²) in [5, 5.41) is -0.787. The van der Waals surface area contributed by atoms with E-state index in [1.54, 1.807) is 24.4 Å². The molecule has 0 unspecified atom stereocenters. The van der Waals surface area contributed by atoms with Crippen molar-refractivity contribution >= 4 is 29.5 Å². The van der Waals surface area contributed by atoms with E-state index in [9.17, 15) is 9.59 Å². The predicted molar refractivity (Wildman–Crippen MR) is 91.8 cm³/mol. The maximum absolute atomic E-state index is 12.6.